The molecule has 0 amide bonds. The van der Waals surface area contributed by atoms with E-state index in [1.54, 1.807) is 0 Å². The van der Waals surface area contributed by atoms with Crippen molar-refractivity contribution in [3.8, 4) is 0 Å². The maximum atomic E-state index is 5.88. The molecule has 0 aliphatic rings. The molecule has 0 aliphatic heterocycles. The molecule has 0 spiro atoms. The first-order chi connectivity index (χ1) is 20.4. The molecular weight excluding hydrogens is 496 g/mol. The number of rotatable bonds is 36. The summed E-state index contributed by atoms with van der Waals surface area (Å²) in [4.78, 5) is 0. The van der Waals surface area contributed by atoms with Crippen molar-refractivity contribution in [2.45, 2.75) is 219 Å². The van der Waals surface area contributed by atoms with Crippen molar-refractivity contribution >= 4 is 0 Å². The van der Waals surface area contributed by atoms with E-state index < -0.39 is 0 Å². The summed E-state index contributed by atoms with van der Waals surface area (Å²) in [6.45, 7) is 6.56. The molecule has 0 rings (SSSR count). The highest BCUT2D eigenvalue weighted by Gasteiger charge is 1.96. The molecular formula is C40H78O. The minimum absolute atomic E-state index is 0.985. The predicted octanol–water partition coefficient (Wildman–Crippen LogP) is 14.6. The monoisotopic (exact) mass is 575 g/mol. The van der Waals surface area contributed by atoms with Gasteiger partial charge in [0.2, 0.25) is 0 Å². The van der Waals surface area contributed by atoms with Crippen molar-refractivity contribution in [2.75, 3.05) is 13.2 Å². The van der Waals surface area contributed by atoms with E-state index in [0.29, 0.717) is 0 Å². The molecule has 0 aromatic heterocycles. The zero-order chi connectivity index (χ0) is 29.6. The van der Waals surface area contributed by atoms with Crippen molar-refractivity contribution in [1.29, 1.82) is 0 Å². The fourth-order valence-corrected chi connectivity index (χ4v) is 5.71. The van der Waals surface area contributed by atoms with E-state index in [-0.39, 0.29) is 0 Å². The predicted molar refractivity (Wildman–Crippen MR) is 188 cm³/mol. The Labute approximate surface area is 261 Å². The van der Waals surface area contributed by atoms with E-state index in [2.05, 4.69) is 38.2 Å². The Hall–Kier alpha value is -0.560. The molecule has 0 N–H and O–H groups in total. The van der Waals surface area contributed by atoms with Gasteiger partial charge in [-0.25, -0.2) is 0 Å². The maximum Gasteiger partial charge on any atom is 0.0466 e. The van der Waals surface area contributed by atoms with Crippen molar-refractivity contribution in [1.82, 2.24) is 0 Å². The van der Waals surface area contributed by atoms with Gasteiger partial charge in [-0.1, -0.05) is 179 Å². The van der Waals surface area contributed by atoms with Crippen LogP contribution in [0, 0.1) is 0 Å². The number of ether oxygens (including phenoxy) is 1. The van der Waals surface area contributed by atoms with E-state index in [0.717, 1.165) is 13.2 Å². The van der Waals surface area contributed by atoms with Crippen LogP contribution < -0.4 is 0 Å². The standard InChI is InChI=1S/C40H78O/c1-3-5-7-9-11-13-15-17-19-21-23-25-27-29-31-33-35-37-39-41-40-38-36-34-32-30-28-26-24-22-20-18-16-14-12-10-8-6-4-2/h17-20H,3-16,21-40H2,1-2H3/b19-17-,20-18-. The topological polar surface area (TPSA) is 9.23 Å². The first kappa shape index (κ1) is 40.4. The smallest absolute Gasteiger partial charge is 0.0466 e. The Bertz CT molecular complexity index is 449. The highest BCUT2D eigenvalue weighted by atomic mass is 16.5. The maximum absolute atomic E-state index is 5.88. The van der Waals surface area contributed by atoms with Crippen LogP contribution in [-0.2, 0) is 4.74 Å². The molecule has 0 heterocycles. The Morgan fingerprint density at radius 1 is 0.268 bits per heavy atom. The van der Waals surface area contributed by atoms with Crippen LogP contribution in [0.3, 0.4) is 0 Å². The second-order valence-electron chi connectivity index (χ2n) is 12.9. The van der Waals surface area contributed by atoms with E-state index in [1.165, 1.54) is 205 Å². The van der Waals surface area contributed by atoms with Crippen LogP contribution in [0.4, 0.5) is 0 Å². The fraction of sp³-hybridized carbons (Fsp3) is 0.900. The molecule has 0 aliphatic carbocycles. The summed E-state index contributed by atoms with van der Waals surface area (Å²) < 4.78 is 5.88. The highest BCUT2D eigenvalue weighted by molar-refractivity contribution is 4.82. The quantitative estimate of drug-likeness (QED) is 0.0534. The molecule has 0 aromatic rings. The second kappa shape index (κ2) is 39.4. The lowest BCUT2D eigenvalue weighted by Crippen LogP contribution is -1.97. The first-order valence-electron chi connectivity index (χ1n) is 19.3. The molecule has 41 heavy (non-hydrogen) atoms. The lowest BCUT2D eigenvalue weighted by molar-refractivity contribution is 0.125. The Morgan fingerprint density at radius 2 is 0.488 bits per heavy atom. The zero-order valence-electron chi connectivity index (χ0n) is 28.8. The van der Waals surface area contributed by atoms with Gasteiger partial charge in [0.05, 0.1) is 0 Å². The molecule has 0 radical (unpaired) electrons. The average Bonchev–Trinajstić information content (AvgIpc) is 2.98. The summed E-state index contributed by atoms with van der Waals surface area (Å²) in [6.07, 6.45) is 54.1. The van der Waals surface area contributed by atoms with Crippen molar-refractivity contribution < 1.29 is 4.74 Å². The third-order valence-electron chi connectivity index (χ3n) is 8.60. The molecule has 0 unspecified atom stereocenters. The van der Waals surface area contributed by atoms with Crippen LogP contribution in [0.15, 0.2) is 24.3 Å². The normalized spacial score (nSPS) is 12.0. The third-order valence-corrected chi connectivity index (χ3v) is 8.60. The highest BCUT2D eigenvalue weighted by Crippen LogP contribution is 2.13. The van der Waals surface area contributed by atoms with Gasteiger partial charge in [-0.15, -0.1) is 0 Å². The summed E-state index contributed by atoms with van der Waals surface area (Å²) in [5.74, 6) is 0. The van der Waals surface area contributed by atoms with Crippen LogP contribution >= 0.6 is 0 Å². The lowest BCUT2D eigenvalue weighted by Gasteiger charge is -2.05. The van der Waals surface area contributed by atoms with Gasteiger partial charge >= 0.3 is 0 Å². The summed E-state index contributed by atoms with van der Waals surface area (Å²) in [7, 11) is 0. The second-order valence-corrected chi connectivity index (χ2v) is 12.9. The minimum Gasteiger partial charge on any atom is -0.381 e. The molecule has 0 atom stereocenters. The molecule has 0 saturated carbocycles. The summed E-state index contributed by atoms with van der Waals surface area (Å²) in [6, 6.07) is 0. The van der Waals surface area contributed by atoms with E-state index >= 15 is 0 Å². The molecule has 0 fully saturated rings. The van der Waals surface area contributed by atoms with Gasteiger partial charge < -0.3 is 4.74 Å². The number of allylic oxidation sites excluding steroid dienone is 4. The molecule has 244 valence electrons. The summed E-state index contributed by atoms with van der Waals surface area (Å²) in [5.41, 5.74) is 0. The van der Waals surface area contributed by atoms with Crippen molar-refractivity contribution in [2.24, 2.45) is 0 Å². The van der Waals surface area contributed by atoms with Crippen LogP contribution in [0.2, 0.25) is 0 Å². The number of hydrogen-bond acceptors (Lipinski definition) is 1. The van der Waals surface area contributed by atoms with Gasteiger partial charge in [0.15, 0.2) is 0 Å². The van der Waals surface area contributed by atoms with Crippen molar-refractivity contribution in [3.05, 3.63) is 24.3 Å². The third kappa shape index (κ3) is 39.4. The molecule has 1 nitrogen and oxygen atoms in total. The number of hydrogen-bond donors (Lipinski definition) is 0. The Morgan fingerprint density at radius 3 is 0.756 bits per heavy atom. The van der Waals surface area contributed by atoms with Gasteiger partial charge in [0, 0.05) is 13.2 Å². The minimum atomic E-state index is 0.985. The van der Waals surface area contributed by atoms with E-state index in [1.807, 2.05) is 0 Å². The average molecular weight is 575 g/mol. The molecule has 0 saturated heterocycles. The van der Waals surface area contributed by atoms with Crippen LogP contribution in [0.5, 0.6) is 0 Å². The van der Waals surface area contributed by atoms with Crippen LogP contribution in [-0.4, -0.2) is 13.2 Å². The van der Waals surface area contributed by atoms with Crippen LogP contribution in [0.1, 0.15) is 219 Å². The van der Waals surface area contributed by atoms with Gasteiger partial charge in [0.1, 0.15) is 0 Å². The van der Waals surface area contributed by atoms with Gasteiger partial charge in [-0.2, -0.15) is 0 Å². The van der Waals surface area contributed by atoms with Gasteiger partial charge in [-0.3, -0.25) is 0 Å². The largest absolute Gasteiger partial charge is 0.381 e. The van der Waals surface area contributed by atoms with Crippen molar-refractivity contribution in [3.63, 3.8) is 0 Å². The zero-order valence-corrected chi connectivity index (χ0v) is 28.8. The summed E-state index contributed by atoms with van der Waals surface area (Å²) >= 11 is 0. The first-order valence-corrected chi connectivity index (χ1v) is 19.3. The van der Waals surface area contributed by atoms with Gasteiger partial charge in [-0.05, 0) is 64.2 Å². The van der Waals surface area contributed by atoms with Gasteiger partial charge in [0.25, 0.3) is 0 Å². The molecule has 1 heteroatoms. The molecule has 0 aromatic carbocycles. The lowest BCUT2D eigenvalue weighted by atomic mass is 10.1. The molecule has 0 bridgehead atoms. The Balaban J connectivity index is 3.09. The van der Waals surface area contributed by atoms with E-state index in [4.69, 9.17) is 4.74 Å². The Kier molecular flexibility index (Phi) is 38.9. The summed E-state index contributed by atoms with van der Waals surface area (Å²) in [5, 5.41) is 0. The van der Waals surface area contributed by atoms with Crippen LogP contribution in [0.25, 0.3) is 0 Å². The van der Waals surface area contributed by atoms with E-state index in [9.17, 15) is 0 Å². The number of unbranched alkanes of at least 4 members (excludes halogenated alkanes) is 28. The fourth-order valence-electron chi connectivity index (χ4n) is 5.71. The SMILES string of the molecule is CCCCCCCC/C=C\CCCCCCCCCCOCCCCCCCCCC/C=C\CCCCCCCC.